The summed E-state index contributed by atoms with van der Waals surface area (Å²) in [5.74, 6) is -0.401. The SMILES string of the molecule is C=N/C=C(\C(C#N)=N/C(C)C)c1ccc(C)cc1F. The molecule has 0 N–H and O–H groups in total. The largest absolute Gasteiger partial charge is 0.272 e. The van der Waals surface area contributed by atoms with E-state index >= 15 is 0 Å². The summed E-state index contributed by atoms with van der Waals surface area (Å²) >= 11 is 0. The van der Waals surface area contributed by atoms with Crippen molar-refractivity contribution in [1.82, 2.24) is 0 Å². The summed E-state index contributed by atoms with van der Waals surface area (Å²) in [4.78, 5) is 7.83. The van der Waals surface area contributed by atoms with E-state index in [1.807, 2.05) is 19.9 Å². The van der Waals surface area contributed by atoms with Crippen LogP contribution in [-0.4, -0.2) is 18.5 Å². The fourth-order valence-electron chi connectivity index (χ4n) is 1.60. The highest BCUT2D eigenvalue weighted by atomic mass is 19.1. The number of hydrogen-bond acceptors (Lipinski definition) is 3. The van der Waals surface area contributed by atoms with E-state index in [0.29, 0.717) is 11.1 Å². The molecule has 0 bridgehead atoms. The molecule has 0 spiro atoms. The Hall–Kier alpha value is -2.28. The zero-order valence-electron chi connectivity index (χ0n) is 11.3. The zero-order chi connectivity index (χ0) is 14.4. The fraction of sp³-hybridized carbons (Fsp3) is 0.267. The highest BCUT2D eigenvalue weighted by molar-refractivity contribution is 6.31. The van der Waals surface area contributed by atoms with Crippen molar-refractivity contribution in [3.63, 3.8) is 0 Å². The molecule has 0 atom stereocenters. The van der Waals surface area contributed by atoms with Gasteiger partial charge in [0.05, 0.1) is 0 Å². The number of nitriles is 1. The molecule has 0 saturated carbocycles. The van der Waals surface area contributed by atoms with Gasteiger partial charge in [0.1, 0.15) is 17.6 Å². The maximum Gasteiger partial charge on any atom is 0.144 e. The smallest absolute Gasteiger partial charge is 0.144 e. The second-order valence-corrected chi connectivity index (χ2v) is 4.39. The van der Waals surface area contributed by atoms with Crippen molar-refractivity contribution in [2.45, 2.75) is 26.8 Å². The maximum absolute atomic E-state index is 14.0. The van der Waals surface area contributed by atoms with Gasteiger partial charge in [-0.05, 0) is 39.1 Å². The first-order chi connectivity index (χ1) is 8.99. The van der Waals surface area contributed by atoms with Crippen molar-refractivity contribution >= 4 is 18.0 Å². The molecule has 0 heterocycles. The highest BCUT2D eigenvalue weighted by Gasteiger charge is 2.14. The molecule has 4 heteroatoms. The lowest BCUT2D eigenvalue weighted by molar-refractivity contribution is 0.623. The lowest BCUT2D eigenvalue weighted by atomic mass is 10.0. The maximum atomic E-state index is 14.0. The number of aryl methyl sites for hydroxylation is 1. The molecule has 1 aromatic rings. The summed E-state index contributed by atoms with van der Waals surface area (Å²) in [5.41, 5.74) is 1.62. The van der Waals surface area contributed by atoms with Crippen LogP contribution in [0.4, 0.5) is 4.39 Å². The quantitative estimate of drug-likeness (QED) is 0.761. The number of nitrogens with zero attached hydrogens (tertiary/aromatic N) is 3. The van der Waals surface area contributed by atoms with Crippen LogP contribution in [0.5, 0.6) is 0 Å². The first kappa shape index (κ1) is 14.8. The lowest BCUT2D eigenvalue weighted by Gasteiger charge is -2.08. The summed E-state index contributed by atoms with van der Waals surface area (Å²) in [6.07, 6.45) is 1.36. The van der Waals surface area contributed by atoms with E-state index in [9.17, 15) is 9.65 Å². The van der Waals surface area contributed by atoms with Crippen LogP contribution in [0.25, 0.3) is 5.57 Å². The molecule has 0 saturated heterocycles. The molecule has 0 aliphatic rings. The topological polar surface area (TPSA) is 48.5 Å². The highest BCUT2D eigenvalue weighted by Crippen LogP contribution is 2.21. The van der Waals surface area contributed by atoms with Gasteiger partial charge in [-0.25, -0.2) is 4.39 Å². The molecular weight excluding hydrogens is 241 g/mol. The van der Waals surface area contributed by atoms with Crippen LogP contribution in [0, 0.1) is 24.1 Å². The normalized spacial score (nSPS) is 12.4. The third-order valence-electron chi connectivity index (χ3n) is 2.38. The number of rotatable bonds is 4. The van der Waals surface area contributed by atoms with E-state index in [0.717, 1.165) is 5.56 Å². The second-order valence-electron chi connectivity index (χ2n) is 4.39. The minimum absolute atomic E-state index is 0.0589. The van der Waals surface area contributed by atoms with Crippen molar-refractivity contribution in [2.75, 3.05) is 0 Å². The summed E-state index contributed by atoms with van der Waals surface area (Å²) in [5, 5.41) is 9.17. The van der Waals surface area contributed by atoms with Gasteiger partial charge in [-0.15, -0.1) is 0 Å². The Morgan fingerprint density at radius 3 is 2.63 bits per heavy atom. The molecule has 0 aromatic heterocycles. The summed E-state index contributed by atoms with van der Waals surface area (Å²) < 4.78 is 14.0. The van der Waals surface area contributed by atoms with Crippen LogP contribution in [0.3, 0.4) is 0 Å². The molecule has 3 nitrogen and oxygen atoms in total. The number of hydrogen-bond donors (Lipinski definition) is 0. The fourth-order valence-corrected chi connectivity index (χ4v) is 1.60. The molecule has 0 amide bonds. The molecule has 0 fully saturated rings. The first-order valence-corrected chi connectivity index (χ1v) is 5.90. The van der Waals surface area contributed by atoms with Crippen LogP contribution < -0.4 is 0 Å². The Labute approximate surface area is 112 Å². The summed E-state index contributed by atoms with van der Waals surface area (Å²) in [6.45, 7) is 8.85. The minimum Gasteiger partial charge on any atom is -0.272 e. The van der Waals surface area contributed by atoms with Gasteiger partial charge in [0.25, 0.3) is 0 Å². The molecule has 0 radical (unpaired) electrons. The lowest BCUT2D eigenvalue weighted by Crippen LogP contribution is -2.05. The number of aliphatic imine (C=N–C) groups is 2. The minimum atomic E-state index is -0.401. The average Bonchev–Trinajstić information content (AvgIpc) is 2.34. The Balaban J connectivity index is 3.41. The predicted octanol–water partition coefficient (Wildman–Crippen LogP) is 3.55. The van der Waals surface area contributed by atoms with E-state index < -0.39 is 5.82 Å². The predicted molar refractivity (Wildman–Crippen MR) is 76.8 cm³/mol. The van der Waals surface area contributed by atoms with Gasteiger partial charge in [0.2, 0.25) is 0 Å². The Morgan fingerprint density at radius 2 is 2.16 bits per heavy atom. The summed E-state index contributed by atoms with van der Waals surface area (Å²) in [7, 11) is 0. The van der Waals surface area contributed by atoms with Crippen LogP contribution in [-0.2, 0) is 0 Å². The van der Waals surface area contributed by atoms with E-state index in [-0.39, 0.29) is 11.8 Å². The van der Waals surface area contributed by atoms with Crippen molar-refractivity contribution in [3.05, 3.63) is 41.3 Å². The van der Waals surface area contributed by atoms with Crippen molar-refractivity contribution in [3.8, 4) is 6.07 Å². The van der Waals surface area contributed by atoms with Gasteiger partial charge >= 0.3 is 0 Å². The molecule has 1 rings (SSSR count). The van der Waals surface area contributed by atoms with Crippen molar-refractivity contribution < 1.29 is 4.39 Å². The number of benzene rings is 1. The van der Waals surface area contributed by atoms with Crippen LogP contribution in [0.2, 0.25) is 0 Å². The van der Waals surface area contributed by atoms with Gasteiger partial charge in [0.15, 0.2) is 0 Å². The summed E-state index contributed by atoms with van der Waals surface area (Å²) in [6, 6.07) is 6.74. The molecule has 0 unspecified atom stereocenters. The monoisotopic (exact) mass is 257 g/mol. The molecule has 1 aromatic carbocycles. The van der Waals surface area contributed by atoms with E-state index in [1.54, 1.807) is 19.1 Å². The third-order valence-corrected chi connectivity index (χ3v) is 2.38. The van der Waals surface area contributed by atoms with Crippen LogP contribution in [0.15, 0.2) is 34.4 Å². The molecule has 0 aliphatic carbocycles. The molecule has 98 valence electrons. The second kappa shape index (κ2) is 6.60. The van der Waals surface area contributed by atoms with E-state index in [2.05, 4.69) is 16.7 Å². The van der Waals surface area contributed by atoms with Crippen LogP contribution in [0.1, 0.15) is 25.0 Å². The van der Waals surface area contributed by atoms with Gasteiger partial charge in [-0.3, -0.25) is 9.98 Å². The third kappa shape index (κ3) is 3.85. The Morgan fingerprint density at radius 1 is 1.47 bits per heavy atom. The molecule has 0 aliphatic heterocycles. The average molecular weight is 257 g/mol. The van der Waals surface area contributed by atoms with Gasteiger partial charge in [0, 0.05) is 23.4 Å². The van der Waals surface area contributed by atoms with Gasteiger partial charge < -0.3 is 0 Å². The van der Waals surface area contributed by atoms with Gasteiger partial charge in [-0.2, -0.15) is 5.26 Å². The van der Waals surface area contributed by atoms with Crippen molar-refractivity contribution in [2.24, 2.45) is 9.98 Å². The first-order valence-electron chi connectivity index (χ1n) is 5.90. The Bertz CT molecular complexity index is 578. The number of allylic oxidation sites excluding steroid dienone is 1. The molecule has 19 heavy (non-hydrogen) atoms. The van der Waals surface area contributed by atoms with Gasteiger partial charge in [-0.1, -0.05) is 12.1 Å². The van der Waals surface area contributed by atoms with E-state index in [1.165, 1.54) is 12.3 Å². The van der Waals surface area contributed by atoms with Crippen molar-refractivity contribution in [1.29, 1.82) is 5.26 Å². The Kier molecular flexibility index (Phi) is 5.13. The van der Waals surface area contributed by atoms with Crippen LogP contribution >= 0.6 is 0 Å². The zero-order valence-corrected chi connectivity index (χ0v) is 11.3. The number of halogens is 1. The molecular formula is C15H16FN3. The standard InChI is InChI=1S/C15H16FN3/c1-10(2)19-15(8-17)13(9-18-4)12-6-5-11(3)7-14(12)16/h5-7,9-10H,4H2,1-3H3/b13-9-,19-15-. The van der Waals surface area contributed by atoms with E-state index in [4.69, 9.17) is 0 Å².